The molecule has 1 aliphatic carbocycles. The molecule has 1 aliphatic rings. The first-order valence-electron chi connectivity index (χ1n) is 14.5. The predicted octanol–water partition coefficient (Wildman–Crippen LogP) is 9.75. The smallest absolute Gasteiger partial charge is 0.131 e. The average Bonchev–Trinajstić information content (AvgIpc) is 2.88. The molecule has 194 valence electrons. The summed E-state index contributed by atoms with van der Waals surface area (Å²) in [5, 5.41) is 0. The van der Waals surface area contributed by atoms with Gasteiger partial charge in [-0.25, -0.2) is 4.39 Å². The molecule has 0 atom stereocenters. The summed E-state index contributed by atoms with van der Waals surface area (Å²) < 4.78 is 22.0. The van der Waals surface area contributed by atoms with Crippen LogP contribution in [0.5, 0.6) is 5.75 Å². The molecule has 0 bridgehead atoms. The van der Waals surface area contributed by atoms with E-state index in [2.05, 4.69) is 53.7 Å². The van der Waals surface area contributed by atoms with Crippen molar-refractivity contribution in [2.75, 3.05) is 6.61 Å². The largest absolute Gasteiger partial charge is 0.493 e. The van der Waals surface area contributed by atoms with E-state index in [0.29, 0.717) is 5.92 Å². The van der Waals surface area contributed by atoms with Crippen molar-refractivity contribution in [3.8, 4) is 16.9 Å². The summed E-state index contributed by atoms with van der Waals surface area (Å²) in [6, 6.07) is 8.21. The summed E-state index contributed by atoms with van der Waals surface area (Å²) in [5.41, 5.74) is 6.65. The van der Waals surface area contributed by atoms with E-state index in [1.807, 2.05) is 6.07 Å². The fourth-order valence-electron chi connectivity index (χ4n) is 5.93. The molecule has 0 radical (unpaired) electrons. The zero-order chi connectivity index (χ0) is 25.4. The minimum Gasteiger partial charge on any atom is -0.493 e. The Balaban J connectivity index is 1.87. The molecule has 0 N–H and O–H groups in total. The first-order valence-corrected chi connectivity index (χ1v) is 14.5. The van der Waals surface area contributed by atoms with Crippen molar-refractivity contribution >= 4 is 0 Å². The lowest BCUT2D eigenvalue weighted by Crippen LogP contribution is -2.13. The number of ether oxygens (including phenoxy) is 1. The Morgan fingerprint density at radius 3 is 2.11 bits per heavy atom. The van der Waals surface area contributed by atoms with Gasteiger partial charge in [0.15, 0.2) is 0 Å². The maximum absolute atomic E-state index is 15.6. The first-order chi connectivity index (χ1) is 16.9. The summed E-state index contributed by atoms with van der Waals surface area (Å²) in [4.78, 5) is 0. The third kappa shape index (κ3) is 6.89. The van der Waals surface area contributed by atoms with Crippen LogP contribution in [0, 0.1) is 23.6 Å². The van der Waals surface area contributed by atoms with Crippen LogP contribution in [0.2, 0.25) is 0 Å². The van der Waals surface area contributed by atoms with E-state index in [1.54, 1.807) is 6.07 Å². The van der Waals surface area contributed by atoms with Gasteiger partial charge in [-0.05, 0) is 89.8 Å². The standard InChI is InChI=1S/C33H49FO/c1-7-24(8-2)22-35-33-27(9-3)21-31(28(10-4)29(33)11-5)30-19-18-26(20-32(30)34)17-16-25-14-12-23(6)13-15-25/h18-21,23-25H,7-17,22H2,1-6H3. The van der Waals surface area contributed by atoms with Gasteiger partial charge >= 0.3 is 0 Å². The van der Waals surface area contributed by atoms with Crippen LogP contribution >= 0.6 is 0 Å². The number of halogens is 1. The van der Waals surface area contributed by atoms with Crippen LogP contribution in [0.3, 0.4) is 0 Å². The van der Waals surface area contributed by atoms with Crippen LogP contribution in [0.15, 0.2) is 24.3 Å². The zero-order valence-electron chi connectivity index (χ0n) is 23.3. The predicted molar refractivity (Wildman–Crippen MR) is 149 cm³/mol. The van der Waals surface area contributed by atoms with Crippen LogP contribution in [0.4, 0.5) is 4.39 Å². The van der Waals surface area contributed by atoms with E-state index in [-0.39, 0.29) is 5.82 Å². The Morgan fingerprint density at radius 1 is 0.857 bits per heavy atom. The molecule has 35 heavy (non-hydrogen) atoms. The van der Waals surface area contributed by atoms with E-state index < -0.39 is 0 Å². The summed E-state index contributed by atoms with van der Waals surface area (Å²) in [7, 11) is 0. The number of hydrogen-bond acceptors (Lipinski definition) is 1. The van der Waals surface area contributed by atoms with Crippen LogP contribution < -0.4 is 4.74 Å². The molecule has 0 aliphatic heterocycles. The fraction of sp³-hybridized carbons (Fsp3) is 0.636. The molecule has 2 heteroatoms. The van der Waals surface area contributed by atoms with Crippen molar-refractivity contribution in [3.63, 3.8) is 0 Å². The monoisotopic (exact) mass is 480 g/mol. The second-order valence-electron chi connectivity index (χ2n) is 10.9. The van der Waals surface area contributed by atoms with Gasteiger partial charge in [-0.2, -0.15) is 0 Å². The lowest BCUT2D eigenvalue weighted by Gasteiger charge is -2.26. The highest BCUT2D eigenvalue weighted by molar-refractivity contribution is 5.73. The minimum atomic E-state index is -0.0794. The molecule has 1 nitrogen and oxygen atoms in total. The highest BCUT2D eigenvalue weighted by Gasteiger charge is 2.21. The van der Waals surface area contributed by atoms with Gasteiger partial charge in [-0.3, -0.25) is 0 Å². The molecule has 0 spiro atoms. The Labute approximate surface area is 214 Å². The third-order valence-corrected chi connectivity index (χ3v) is 8.58. The lowest BCUT2D eigenvalue weighted by atomic mass is 9.80. The maximum Gasteiger partial charge on any atom is 0.131 e. The summed E-state index contributed by atoms with van der Waals surface area (Å²) in [6.07, 6.45) is 12.5. The molecule has 1 fully saturated rings. The number of rotatable bonds is 12. The molecule has 2 aromatic rings. The van der Waals surface area contributed by atoms with E-state index >= 15 is 4.39 Å². The summed E-state index contributed by atoms with van der Waals surface area (Å²) in [5.74, 6) is 3.25. The van der Waals surface area contributed by atoms with Gasteiger partial charge in [0.2, 0.25) is 0 Å². The van der Waals surface area contributed by atoms with Crippen LogP contribution in [-0.4, -0.2) is 6.61 Å². The van der Waals surface area contributed by atoms with Crippen molar-refractivity contribution in [1.82, 2.24) is 0 Å². The van der Waals surface area contributed by atoms with Crippen LogP contribution in [-0.2, 0) is 25.7 Å². The van der Waals surface area contributed by atoms with Gasteiger partial charge < -0.3 is 4.74 Å². The quantitative estimate of drug-likeness (QED) is 0.294. The van der Waals surface area contributed by atoms with Crippen LogP contribution in [0.1, 0.15) is 109 Å². The average molecular weight is 481 g/mol. The van der Waals surface area contributed by atoms with Crippen molar-refractivity contribution in [3.05, 3.63) is 52.3 Å². The zero-order valence-corrected chi connectivity index (χ0v) is 23.3. The fourth-order valence-corrected chi connectivity index (χ4v) is 5.93. The van der Waals surface area contributed by atoms with Crippen molar-refractivity contribution < 1.29 is 9.13 Å². The second-order valence-corrected chi connectivity index (χ2v) is 10.9. The molecular formula is C33H49FO. The second kappa shape index (κ2) is 13.5. The van der Waals surface area contributed by atoms with E-state index in [4.69, 9.17) is 4.74 Å². The summed E-state index contributed by atoms with van der Waals surface area (Å²) in [6.45, 7) is 14.2. The molecule has 2 aromatic carbocycles. The van der Waals surface area contributed by atoms with E-state index in [9.17, 15) is 0 Å². The molecule has 0 aromatic heterocycles. The maximum atomic E-state index is 15.6. The normalized spacial score (nSPS) is 18.3. The Bertz CT molecular complexity index is 935. The highest BCUT2D eigenvalue weighted by atomic mass is 19.1. The number of hydrogen-bond donors (Lipinski definition) is 0. The van der Waals surface area contributed by atoms with Gasteiger partial charge in [0.1, 0.15) is 11.6 Å². The molecule has 0 saturated heterocycles. The number of benzene rings is 2. The van der Waals surface area contributed by atoms with Gasteiger partial charge in [-0.1, -0.05) is 92.2 Å². The Morgan fingerprint density at radius 2 is 1.54 bits per heavy atom. The first kappa shape index (κ1) is 27.8. The molecule has 1 saturated carbocycles. The van der Waals surface area contributed by atoms with Gasteiger partial charge in [-0.15, -0.1) is 0 Å². The number of aryl methyl sites for hydroxylation is 2. The topological polar surface area (TPSA) is 9.23 Å². The molecule has 0 heterocycles. The van der Waals surface area contributed by atoms with Crippen LogP contribution in [0.25, 0.3) is 11.1 Å². The van der Waals surface area contributed by atoms with E-state index in [1.165, 1.54) is 48.8 Å². The third-order valence-electron chi connectivity index (χ3n) is 8.58. The Kier molecular flexibility index (Phi) is 10.7. The lowest BCUT2D eigenvalue weighted by molar-refractivity contribution is 0.236. The molecule has 0 amide bonds. The van der Waals surface area contributed by atoms with Gasteiger partial charge in [0.05, 0.1) is 6.61 Å². The Hall–Kier alpha value is -1.83. The van der Waals surface area contributed by atoms with Crippen molar-refractivity contribution in [1.29, 1.82) is 0 Å². The SMILES string of the molecule is CCc1cc(-c2ccc(CCC3CCC(C)CC3)cc2F)c(CC)c(CC)c1OCC(CC)CC. The van der Waals surface area contributed by atoms with E-state index in [0.717, 1.165) is 79.4 Å². The highest BCUT2D eigenvalue weighted by Crippen LogP contribution is 2.39. The van der Waals surface area contributed by atoms with Gasteiger partial charge in [0, 0.05) is 5.56 Å². The molecule has 3 rings (SSSR count). The minimum absolute atomic E-state index is 0.0794. The van der Waals surface area contributed by atoms with Crippen molar-refractivity contribution in [2.24, 2.45) is 17.8 Å². The van der Waals surface area contributed by atoms with Crippen molar-refractivity contribution in [2.45, 2.75) is 112 Å². The summed E-state index contributed by atoms with van der Waals surface area (Å²) >= 11 is 0. The molecule has 0 unspecified atom stereocenters. The van der Waals surface area contributed by atoms with Gasteiger partial charge in [0.25, 0.3) is 0 Å². The molecular weight excluding hydrogens is 431 g/mol.